The first-order valence-electron chi connectivity index (χ1n) is 5.24. The lowest BCUT2D eigenvalue weighted by Crippen LogP contribution is -2.38. The molecule has 0 unspecified atom stereocenters. The van der Waals surface area contributed by atoms with Crippen molar-refractivity contribution in [2.75, 3.05) is 13.6 Å². The van der Waals surface area contributed by atoms with Gasteiger partial charge in [0.05, 0.1) is 12.9 Å². The summed E-state index contributed by atoms with van der Waals surface area (Å²) in [6.45, 7) is 2.80. The Hall–Kier alpha value is -0.920. The fourth-order valence-electron chi connectivity index (χ4n) is 1.16. The molecule has 2 N–H and O–H groups in total. The van der Waals surface area contributed by atoms with Gasteiger partial charge in [-0.05, 0) is 6.42 Å². The van der Waals surface area contributed by atoms with E-state index in [2.05, 4.69) is 14.7 Å². The van der Waals surface area contributed by atoms with Crippen molar-refractivity contribution >= 4 is 10.2 Å². The molecule has 7 heteroatoms. The Morgan fingerprint density at radius 3 is 2.88 bits per heavy atom. The molecule has 0 fully saturated rings. The van der Waals surface area contributed by atoms with Gasteiger partial charge in [-0.25, -0.2) is 4.98 Å². The van der Waals surface area contributed by atoms with Gasteiger partial charge in [0, 0.05) is 25.5 Å². The number of aromatic amines is 1. The Morgan fingerprint density at radius 1 is 1.56 bits per heavy atom. The van der Waals surface area contributed by atoms with Gasteiger partial charge in [0.1, 0.15) is 0 Å². The second-order valence-corrected chi connectivity index (χ2v) is 5.44. The van der Waals surface area contributed by atoms with Gasteiger partial charge in [-0.1, -0.05) is 13.3 Å². The van der Waals surface area contributed by atoms with Crippen molar-refractivity contribution < 1.29 is 8.42 Å². The standard InChI is InChI=1S/C9H18N4O2S/c1-3-4-5-13(2)16(14,15)12-7-9-6-10-8-11-9/h6,8,12H,3-5,7H2,1-2H3,(H,10,11). The molecule has 6 nitrogen and oxygen atoms in total. The maximum absolute atomic E-state index is 11.7. The van der Waals surface area contributed by atoms with Crippen molar-refractivity contribution in [2.45, 2.75) is 26.3 Å². The van der Waals surface area contributed by atoms with E-state index >= 15 is 0 Å². The van der Waals surface area contributed by atoms with Crippen LogP contribution in [-0.4, -0.2) is 36.3 Å². The van der Waals surface area contributed by atoms with Crippen molar-refractivity contribution in [1.29, 1.82) is 0 Å². The third-order valence-electron chi connectivity index (χ3n) is 2.24. The topological polar surface area (TPSA) is 78.1 Å². The summed E-state index contributed by atoms with van der Waals surface area (Å²) >= 11 is 0. The van der Waals surface area contributed by atoms with E-state index < -0.39 is 10.2 Å². The summed E-state index contributed by atoms with van der Waals surface area (Å²) in [6.07, 6.45) is 4.95. The van der Waals surface area contributed by atoms with Crippen molar-refractivity contribution in [2.24, 2.45) is 0 Å². The van der Waals surface area contributed by atoms with E-state index in [1.807, 2.05) is 6.92 Å². The van der Waals surface area contributed by atoms with Crippen LogP contribution in [0.15, 0.2) is 12.5 Å². The lowest BCUT2D eigenvalue weighted by molar-refractivity contribution is 0.448. The zero-order valence-corrected chi connectivity index (χ0v) is 10.4. The molecule has 0 aromatic carbocycles. The first-order chi connectivity index (χ1) is 7.56. The Labute approximate surface area is 96.3 Å². The van der Waals surface area contributed by atoms with E-state index in [1.54, 1.807) is 13.2 Å². The molecule has 16 heavy (non-hydrogen) atoms. The number of unbranched alkanes of at least 4 members (excludes halogenated alkanes) is 1. The van der Waals surface area contributed by atoms with Gasteiger partial charge in [-0.2, -0.15) is 17.4 Å². The number of nitrogens with one attached hydrogen (secondary N) is 2. The largest absolute Gasteiger partial charge is 0.347 e. The van der Waals surface area contributed by atoms with E-state index in [0.717, 1.165) is 18.5 Å². The number of H-pyrrole nitrogens is 1. The maximum atomic E-state index is 11.7. The summed E-state index contributed by atoms with van der Waals surface area (Å²) in [4.78, 5) is 6.65. The second-order valence-electron chi connectivity index (χ2n) is 3.58. The highest BCUT2D eigenvalue weighted by molar-refractivity contribution is 7.87. The summed E-state index contributed by atoms with van der Waals surface area (Å²) in [5, 5.41) is 0. The first-order valence-corrected chi connectivity index (χ1v) is 6.68. The van der Waals surface area contributed by atoms with Crippen LogP contribution in [0, 0.1) is 0 Å². The minimum atomic E-state index is -3.37. The molecule has 0 radical (unpaired) electrons. The van der Waals surface area contributed by atoms with Gasteiger partial charge in [0.15, 0.2) is 0 Å². The zero-order chi connectivity index (χ0) is 12.0. The van der Waals surface area contributed by atoms with Crippen molar-refractivity contribution in [3.8, 4) is 0 Å². The van der Waals surface area contributed by atoms with E-state index in [9.17, 15) is 8.42 Å². The second kappa shape index (κ2) is 5.97. The average molecular weight is 246 g/mol. The molecule has 1 heterocycles. The van der Waals surface area contributed by atoms with Crippen LogP contribution in [0.2, 0.25) is 0 Å². The Kier molecular flexibility index (Phi) is 4.91. The first kappa shape index (κ1) is 13.1. The van der Waals surface area contributed by atoms with Crippen LogP contribution < -0.4 is 4.72 Å². The fraction of sp³-hybridized carbons (Fsp3) is 0.667. The number of hydrogen-bond donors (Lipinski definition) is 2. The molecule has 1 aromatic rings. The zero-order valence-electron chi connectivity index (χ0n) is 9.60. The van der Waals surface area contributed by atoms with E-state index in [4.69, 9.17) is 0 Å². The summed E-state index contributed by atoms with van der Waals surface area (Å²) in [6, 6.07) is 0. The summed E-state index contributed by atoms with van der Waals surface area (Å²) in [5.74, 6) is 0. The molecule has 92 valence electrons. The minimum absolute atomic E-state index is 0.235. The fourth-order valence-corrected chi connectivity index (χ4v) is 2.09. The number of aromatic nitrogens is 2. The van der Waals surface area contributed by atoms with Crippen LogP contribution in [0.1, 0.15) is 25.5 Å². The molecule has 1 rings (SSSR count). The predicted octanol–water partition coefficient (Wildman–Crippen LogP) is 0.476. The van der Waals surface area contributed by atoms with E-state index in [-0.39, 0.29) is 6.54 Å². The molecule has 0 bridgehead atoms. The summed E-state index contributed by atoms with van der Waals surface area (Å²) in [5.41, 5.74) is 0.743. The minimum Gasteiger partial charge on any atom is -0.347 e. The molecule has 0 aliphatic rings. The van der Waals surface area contributed by atoms with Gasteiger partial charge in [-0.3, -0.25) is 0 Å². The van der Waals surface area contributed by atoms with Crippen molar-refractivity contribution in [3.05, 3.63) is 18.2 Å². The number of imidazole rings is 1. The van der Waals surface area contributed by atoms with Gasteiger partial charge < -0.3 is 4.98 Å². The van der Waals surface area contributed by atoms with Crippen LogP contribution in [0.5, 0.6) is 0 Å². The lowest BCUT2D eigenvalue weighted by Gasteiger charge is -2.16. The quantitative estimate of drug-likeness (QED) is 0.734. The molecule has 0 aliphatic heterocycles. The maximum Gasteiger partial charge on any atom is 0.279 e. The van der Waals surface area contributed by atoms with E-state index in [0.29, 0.717) is 6.54 Å². The molecule has 0 spiro atoms. The van der Waals surface area contributed by atoms with Crippen LogP contribution in [0.4, 0.5) is 0 Å². The van der Waals surface area contributed by atoms with Crippen LogP contribution in [-0.2, 0) is 16.8 Å². The van der Waals surface area contributed by atoms with Crippen molar-refractivity contribution in [1.82, 2.24) is 19.0 Å². The molecule has 0 saturated carbocycles. The Bertz CT molecular complexity index is 388. The molecule has 0 amide bonds. The Morgan fingerprint density at radius 2 is 2.31 bits per heavy atom. The van der Waals surface area contributed by atoms with Gasteiger partial charge in [0.2, 0.25) is 0 Å². The SMILES string of the molecule is CCCCN(C)S(=O)(=O)NCc1cnc[nH]1. The Balaban J connectivity index is 2.45. The predicted molar refractivity (Wildman–Crippen MR) is 61.9 cm³/mol. The highest BCUT2D eigenvalue weighted by atomic mass is 32.2. The number of hydrogen-bond acceptors (Lipinski definition) is 3. The number of nitrogens with zero attached hydrogens (tertiary/aromatic N) is 2. The molecular weight excluding hydrogens is 228 g/mol. The number of rotatable bonds is 7. The van der Waals surface area contributed by atoms with Crippen LogP contribution in [0.25, 0.3) is 0 Å². The third kappa shape index (κ3) is 3.92. The average Bonchev–Trinajstić information content (AvgIpc) is 2.76. The smallest absolute Gasteiger partial charge is 0.279 e. The van der Waals surface area contributed by atoms with E-state index in [1.165, 1.54) is 10.6 Å². The highest BCUT2D eigenvalue weighted by Gasteiger charge is 2.16. The summed E-state index contributed by atoms with van der Waals surface area (Å²) < 4.78 is 27.2. The van der Waals surface area contributed by atoms with Gasteiger partial charge >= 0.3 is 0 Å². The van der Waals surface area contributed by atoms with Gasteiger partial charge in [0.25, 0.3) is 10.2 Å². The highest BCUT2D eigenvalue weighted by Crippen LogP contribution is 1.99. The molecule has 0 atom stereocenters. The van der Waals surface area contributed by atoms with Crippen molar-refractivity contribution in [3.63, 3.8) is 0 Å². The molecule has 1 aromatic heterocycles. The lowest BCUT2D eigenvalue weighted by atomic mass is 10.3. The molecule has 0 aliphatic carbocycles. The summed E-state index contributed by atoms with van der Waals surface area (Å²) in [7, 11) is -1.80. The molecule has 0 saturated heterocycles. The normalized spacial score (nSPS) is 12.2. The van der Waals surface area contributed by atoms with Crippen LogP contribution in [0.3, 0.4) is 0 Å². The third-order valence-corrected chi connectivity index (χ3v) is 3.75. The van der Waals surface area contributed by atoms with Gasteiger partial charge in [-0.15, -0.1) is 0 Å². The van der Waals surface area contributed by atoms with Crippen LogP contribution >= 0.6 is 0 Å². The monoisotopic (exact) mass is 246 g/mol. The molecular formula is C9H18N4O2S.